The van der Waals surface area contributed by atoms with Gasteiger partial charge in [0, 0.05) is 0 Å². The third kappa shape index (κ3) is 3.92. The molecule has 1 aromatic rings. The first-order valence-corrected chi connectivity index (χ1v) is 6.04. The molecule has 0 aliphatic carbocycles. The molecule has 0 bridgehead atoms. The summed E-state index contributed by atoms with van der Waals surface area (Å²) >= 11 is 0. The van der Waals surface area contributed by atoms with Crippen LogP contribution in [0.4, 0.5) is 5.69 Å². The van der Waals surface area contributed by atoms with Crippen molar-refractivity contribution >= 4 is 11.6 Å². The normalized spacial score (nSPS) is 13.6. The number of nitrogens with two attached hydrogens (primary N) is 1. The van der Waals surface area contributed by atoms with E-state index in [0.717, 1.165) is 17.9 Å². The van der Waals surface area contributed by atoms with Crippen molar-refractivity contribution in [3.63, 3.8) is 0 Å². The van der Waals surface area contributed by atoms with E-state index < -0.39 is 6.04 Å². The van der Waals surface area contributed by atoms with Gasteiger partial charge in [-0.1, -0.05) is 20.3 Å². The van der Waals surface area contributed by atoms with Crippen LogP contribution in [0, 0.1) is 5.92 Å². The maximum absolute atomic E-state index is 11.7. The molecule has 1 unspecified atom stereocenters. The van der Waals surface area contributed by atoms with Crippen LogP contribution in [0.25, 0.3) is 0 Å². The zero-order valence-electron chi connectivity index (χ0n) is 11.1. The lowest BCUT2D eigenvalue weighted by molar-refractivity contribution is -0.122. The second kappa shape index (κ2) is 6.86. The third-order valence-corrected chi connectivity index (χ3v) is 2.98. The lowest BCUT2D eigenvalue weighted by atomic mass is 10.00. The summed E-state index contributed by atoms with van der Waals surface area (Å²) in [4.78, 5) is 11.7. The van der Waals surface area contributed by atoms with Crippen molar-refractivity contribution in [2.75, 3.05) is 12.5 Å². The van der Waals surface area contributed by atoms with Gasteiger partial charge in [0.1, 0.15) is 5.75 Å². The molecule has 0 saturated heterocycles. The standard InChI is InChI=1S/C13H21N3O2/c1-4-9(2)12(14)13(17)16-15-10-5-7-11(18-3)8-6-10/h5-9,12,15H,4,14H2,1-3H3,(H,16,17)/t9?,12-/m0/s1. The third-order valence-electron chi connectivity index (χ3n) is 2.98. The van der Waals surface area contributed by atoms with Crippen molar-refractivity contribution in [3.05, 3.63) is 24.3 Å². The lowest BCUT2D eigenvalue weighted by Crippen LogP contribution is -2.46. The molecule has 0 aromatic heterocycles. The Bertz CT molecular complexity index is 378. The molecule has 0 aliphatic heterocycles. The number of rotatable bonds is 6. The zero-order chi connectivity index (χ0) is 13.5. The van der Waals surface area contributed by atoms with E-state index in [0.29, 0.717) is 0 Å². The molecule has 5 heteroatoms. The number of benzene rings is 1. The van der Waals surface area contributed by atoms with Crippen LogP contribution < -0.4 is 21.3 Å². The van der Waals surface area contributed by atoms with E-state index in [1.54, 1.807) is 7.11 Å². The van der Waals surface area contributed by atoms with E-state index in [9.17, 15) is 4.79 Å². The Hall–Kier alpha value is -1.75. The number of hydrazine groups is 1. The minimum atomic E-state index is -0.499. The molecular weight excluding hydrogens is 230 g/mol. The Balaban J connectivity index is 2.46. The molecule has 2 atom stereocenters. The summed E-state index contributed by atoms with van der Waals surface area (Å²) in [6.07, 6.45) is 0.872. The van der Waals surface area contributed by atoms with Crippen molar-refractivity contribution in [2.45, 2.75) is 26.3 Å². The van der Waals surface area contributed by atoms with Crippen LogP contribution in [0.15, 0.2) is 24.3 Å². The number of carbonyl (C=O) groups excluding carboxylic acids is 1. The fourth-order valence-electron chi connectivity index (χ4n) is 1.40. The Morgan fingerprint density at radius 2 is 2.00 bits per heavy atom. The molecule has 0 saturated carbocycles. The largest absolute Gasteiger partial charge is 0.497 e. The van der Waals surface area contributed by atoms with Crippen LogP contribution in [-0.2, 0) is 4.79 Å². The topological polar surface area (TPSA) is 76.4 Å². The number of nitrogens with one attached hydrogen (secondary N) is 2. The molecule has 1 amide bonds. The number of methoxy groups -OCH3 is 1. The van der Waals surface area contributed by atoms with Gasteiger partial charge in [-0.25, -0.2) is 0 Å². The molecule has 0 fully saturated rings. The van der Waals surface area contributed by atoms with Crippen LogP contribution in [-0.4, -0.2) is 19.1 Å². The predicted octanol–water partition coefficient (Wildman–Crippen LogP) is 1.51. The average molecular weight is 251 g/mol. The predicted molar refractivity (Wildman–Crippen MR) is 72.2 cm³/mol. The molecule has 0 aliphatic rings. The number of carbonyl (C=O) groups is 1. The van der Waals surface area contributed by atoms with E-state index in [2.05, 4.69) is 10.9 Å². The molecule has 0 spiro atoms. The molecule has 0 heterocycles. The van der Waals surface area contributed by atoms with E-state index in [1.807, 2.05) is 38.1 Å². The fraction of sp³-hybridized carbons (Fsp3) is 0.462. The van der Waals surface area contributed by atoms with Gasteiger partial charge in [0.25, 0.3) is 5.91 Å². The molecule has 18 heavy (non-hydrogen) atoms. The first-order chi connectivity index (χ1) is 8.58. The molecule has 0 radical (unpaired) electrons. The molecule has 100 valence electrons. The van der Waals surface area contributed by atoms with Crippen molar-refractivity contribution in [1.29, 1.82) is 0 Å². The van der Waals surface area contributed by atoms with Crippen LogP contribution in [0.5, 0.6) is 5.75 Å². The molecule has 5 nitrogen and oxygen atoms in total. The van der Waals surface area contributed by atoms with Gasteiger partial charge in [-0.05, 0) is 30.2 Å². The summed E-state index contributed by atoms with van der Waals surface area (Å²) in [5.41, 5.74) is 12.0. The second-order valence-corrected chi connectivity index (χ2v) is 4.25. The summed E-state index contributed by atoms with van der Waals surface area (Å²) in [7, 11) is 1.61. The summed E-state index contributed by atoms with van der Waals surface area (Å²) in [6, 6.07) is 6.74. The van der Waals surface area contributed by atoms with Crippen LogP contribution in [0.3, 0.4) is 0 Å². The lowest BCUT2D eigenvalue weighted by Gasteiger charge is -2.18. The number of ether oxygens (including phenoxy) is 1. The van der Waals surface area contributed by atoms with Crippen molar-refractivity contribution < 1.29 is 9.53 Å². The monoisotopic (exact) mass is 251 g/mol. The number of anilines is 1. The smallest absolute Gasteiger partial charge is 0.255 e. The van der Waals surface area contributed by atoms with E-state index in [1.165, 1.54) is 0 Å². The quantitative estimate of drug-likeness (QED) is 0.670. The molecule has 1 aromatic carbocycles. The first kappa shape index (κ1) is 14.3. The SMILES string of the molecule is CCC(C)[C@H](N)C(=O)NNc1ccc(OC)cc1. The number of amides is 1. The van der Waals surface area contributed by atoms with Crippen molar-refractivity contribution in [3.8, 4) is 5.75 Å². The fourth-order valence-corrected chi connectivity index (χ4v) is 1.40. The van der Waals surface area contributed by atoms with Crippen LogP contribution >= 0.6 is 0 Å². The minimum absolute atomic E-state index is 0.155. The van der Waals surface area contributed by atoms with E-state index in [-0.39, 0.29) is 11.8 Å². The Morgan fingerprint density at radius 1 is 1.39 bits per heavy atom. The average Bonchev–Trinajstić information content (AvgIpc) is 2.43. The molecular formula is C13H21N3O2. The summed E-state index contributed by atoms with van der Waals surface area (Å²) < 4.78 is 5.04. The second-order valence-electron chi connectivity index (χ2n) is 4.25. The molecule has 1 rings (SSSR count). The van der Waals surface area contributed by atoms with E-state index >= 15 is 0 Å². The maximum atomic E-state index is 11.7. The van der Waals surface area contributed by atoms with Gasteiger partial charge in [-0.15, -0.1) is 0 Å². The van der Waals surface area contributed by atoms with Crippen molar-refractivity contribution in [2.24, 2.45) is 11.7 Å². The first-order valence-electron chi connectivity index (χ1n) is 6.04. The minimum Gasteiger partial charge on any atom is -0.497 e. The van der Waals surface area contributed by atoms with Gasteiger partial charge < -0.3 is 10.5 Å². The summed E-state index contributed by atoms with van der Waals surface area (Å²) in [5.74, 6) is 0.714. The molecule has 4 N–H and O–H groups in total. The van der Waals surface area contributed by atoms with Gasteiger partial charge in [0.2, 0.25) is 0 Å². The van der Waals surface area contributed by atoms with Gasteiger partial charge in [0.15, 0.2) is 0 Å². The van der Waals surface area contributed by atoms with E-state index in [4.69, 9.17) is 10.5 Å². The highest BCUT2D eigenvalue weighted by Crippen LogP contribution is 2.14. The highest BCUT2D eigenvalue weighted by Gasteiger charge is 2.18. The summed E-state index contributed by atoms with van der Waals surface area (Å²) in [6.45, 7) is 3.96. The Kier molecular flexibility index (Phi) is 5.45. The van der Waals surface area contributed by atoms with Crippen LogP contribution in [0.2, 0.25) is 0 Å². The zero-order valence-corrected chi connectivity index (χ0v) is 11.1. The van der Waals surface area contributed by atoms with Gasteiger partial charge >= 0.3 is 0 Å². The maximum Gasteiger partial charge on any atom is 0.255 e. The van der Waals surface area contributed by atoms with Crippen molar-refractivity contribution in [1.82, 2.24) is 5.43 Å². The number of hydrogen-bond acceptors (Lipinski definition) is 4. The number of hydrogen-bond donors (Lipinski definition) is 3. The van der Waals surface area contributed by atoms with Gasteiger partial charge in [-0.3, -0.25) is 15.6 Å². The van der Waals surface area contributed by atoms with Crippen LogP contribution in [0.1, 0.15) is 20.3 Å². The Morgan fingerprint density at radius 3 is 2.50 bits per heavy atom. The summed E-state index contributed by atoms with van der Waals surface area (Å²) in [5, 5.41) is 0. The highest BCUT2D eigenvalue weighted by atomic mass is 16.5. The van der Waals surface area contributed by atoms with Gasteiger partial charge in [0.05, 0.1) is 18.8 Å². The van der Waals surface area contributed by atoms with Gasteiger partial charge in [-0.2, -0.15) is 0 Å². The highest BCUT2D eigenvalue weighted by molar-refractivity contribution is 5.82. The Labute approximate surface area is 108 Å².